The molecule has 0 amide bonds. The fraction of sp³-hybridized carbons (Fsp3) is 1.00. The Morgan fingerprint density at radius 1 is 1.64 bits per heavy atom. The van der Waals surface area contributed by atoms with Crippen molar-refractivity contribution in [2.75, 3.05) is 26.0 Å². The van der Waals surface area contributed by atoms with Crippen molar-refractivity contribution < 1.29 is 13.5 Å². The zero-order valence-corrected chi connectivity index (χ0v) is 7.34. The molecule has 1 aliphatic heterocycles. The molecule has 1 atom stereocenters. The second-order valence-electron chi connectivity index (χ2n) is 2.94. The van der Waals surface area contributed by atoms with Crippen LogP contribution in [0.1, 0.15) is 6.42 Å². The molecule has 1 fully saturated rings. The summed E-state index contributed by atoms with van der Waals surface area (Å²) in [6, 6.07) is 0. The van der Waals surface area contributed by atoms with Crippen LogP contribution in [-0.4, -0.2) is 43.8 Å². The zero-order valence-electron chi connectivity index (χ0n) is 6.52. The third kappa shape index (κ3) is 1.91. The van der Waals surface area contributed by atoms with Gasteiger partial charge in [0.15, 0.2) is 0 Å². The number of sulfonamides is 1. The van der Waals surface area contributed by atoms with E-state index < -0.39 is 10.0 Å². The Labute approximate surface area is 66.9 Å². The maximum atomic E-state index is 11.2. The summed E-state index contributed by atoms with van der Waals surface area (Å²) in [5, 5.41) is 8.73. The van der Waals surface area contributed by atoms with Gasteiger partial charge in [-0.25, -0.2) is 12.7 Å². The number of hydrogen-bond acceptors (Lipinski definition) is 3. The average Bonchev–Trinajstić information content (AvgIpc) is 1.95. The zero-order chi connectivity index (χ0) is 8.48. The largest absolute Gasteiger partial charge is 0.396 e. The molecule has 1 unspecified atom stereocenters. The summed E-state index contributed by atoms with van der Waals surface area (Å²) >= 11 is 0. The summed E-state index contributed by atoms with van der Waals surface area (Å²) in [6.45, 7) is 0.515. The van der Waals surface area contributed by atoms with Crippen LogP contribution in [0.4, 0.5) is 0 Å². The van der Waals surface area contributed by atoms with Gasteiger partial charge in [-0.05, 0) is 12.3 Å². The van der Waals surface area contributed by atoms with Gasteiger partial charge in [-0.15, -0.1) is 0 Å². The molecular formula is C6H13NO3S. The summed E-state index contributed by atoms with van der Waals surface area (Å²) < 4.78 is 23.7. The number of aliphatic hydroxyl groups excluding tert-OH is 1. The summed E-state index contributed by atoms with van der Waals surface area (Å²) in [6.07, 6.45) is 0.770. The highest BCUT2D eigenvalue weighted by Crippen LogP contribution is 2.16. The Bertz CT molecular complexity index is 224. The number of nitrogens with zero attached hydrogens (tertiary/aromatic N) is 1. The molecule has 0 saturated carbocycles. The van der Waals surface area contributed by atoms with Crippen LogP contribution in [-0.2, 0) is 10.0 Å². The van der Waals surface area contributed by atoms with E-state index in [2.05, 4.69) is 0 Å². The first-order chi connectivity index (χ1) is 5.06. The predicted octanol–water partition coefficient (Wildman–Crippen LogP) is -0.740. The van der Waals surface area contributed by atoms with Crippen LogP contribution in [0.15, 0.2) is 0 Å². The van der Waals surface area contributed by atoms with E-state index in [4.69, 9.17) is 5.11 Å². The van der Waals surface area contributed by atoms with Crippen LogP contribution in [0.5, 0.6) is 0 Å². The molecule has 1 rings (SSSR count). The molecule has 0 aromatic rings. The monoisotopic (exact) mass is 179 g/mol. The smallest absolute Gasteiger partial charge is 0.214 e. The second-order valence-corrected chi connectivity index (χ2v) is 5.06. The van der Waals surface area contributed by atoms with Crippen LogP contribution in [0.25, 0.3) is 0 Å². The van der Waals surface area contributed by atoms with Crippen LogP contribution in [0.3, 0.4) is 0 Å². The third-order valence-corrected chi connectivity index (χ3v) is 4.06. The maximum absolute atomic E-state index is 11.2. The highest BCUT2D eigenvalue weighted by atomic mass is 32.2. The lowest BCUT2D eigenvalue weighted by Gasteiger charge is -2.27. The SMILES string of the molecule is CN1CCC(CO)CS1(=O)=O. The summed E-state index contributed by atoms with van der Waals surface area (Å²) in [5.41, 5.74) is 0. The summed E-state index contributed by atoms with van der Waals surface area (Å²) in [5.74, 6) is 0.0381. The van der Waals surface area contributed by atoms with Gasteiger partial charge in [0.2, 0.25) is 10.0 Å². The van der Waals surface area contributed by atoms with Crippen LogP contribution in [0, 0.1) is 5.92 Å². The van der Waals surface area contributed by atoms with Gasteiger partial charge in [0.05, 0.1) is 5.75 Å². The van der Waals surface area contributed by atoms with Gasteiger partial charge in [0, 0.05) is 20.2 Å². The molecule has 1 heterocycles. The molecule has 1 aliphatic rings. The normalized spacial score (nSPS) is 32.0. The molecule has 0 spiro atoms. The van der Waals surface area contributed by atoms with Gasteiger partial charge in [-0.3, -0.25) is 0 Å². The van der Waals surface area contributed by atoms with E-state index in [9.17, 15) is 8.42 Å². The standard InChI is InChI=1S/C6H13NO3S/c1-7-3-2-6(4-8)5-11(7,9)10/h6,8H,2-5H2,1H3. The summed E-state index contributed by atoms with van der Waals surface area (Å²) in [7, 11) is -1.48. The lowest BCUT2D eigenvalue weighted by molar-refractivity contribution is 0.215. The van der Waals surface area contributed by atoms with E-state index in [0.717, 1.165) is 6.42 Å². The highest BCUT2D eigenvalue weighted by molar-refractivity contribution is 7.89. The van der Waals surface area contributed by atoms with Crippen molar-refractivity contribution in [3.63, 3.8) is 0 Å². The van der Waals surface area contributed by atoms with E-state index in [0.29, 0.717) is 6.54 Å². The number of rotatable bonds is 1. The average molecular weight is 179 g/mol. The lowest BCUT2D eigenvalue weighted by atomic mass is 10.1. The second kappa shape index (κ2) is 3.08. The molecule has 0 aromatic heterocycles. The molecule has 1 saturated heterocycles. The first-order valence-electron chi connectivity index (χ1n) is 3.61. The van der Waals surface area contributed by atoms with Gasteiger partial charge in [-0.2, -0.15) is 0 Å². The first-order valence-corrected chi connectivity index (χ1v) is 5.22. The van der Waals surface area contributed by atoms with Gasteiger partial charge in [-0.1, -0.05) is 0 Å². The Morgan fingerprint density at radius 2 is 2.27 bits per heavy atom. The Kier molecular flexibility index (Phi) is 2.51. The molecule has 0 radical (unpaired) electrons. The van der Waals surface area contributed by atoms with Crippen molar-refractivity contribution in [1.82, 2.24) is 4.31 Å². The minimum Gasteiger partial charge on any atom is -0.396 e. The molecule has 66 valence electrons. The molecule has 4 nitrogen and oxygen atoms in total. The van der Waals surface area contributed by atoms with Crippen molar-refractivity contribution in [3.05, 3.63) is 0 Å². The molecule has 0 aromatic carbocycles. The molecule has 11 heavy (non-hydrogen) atoms. The van der Waals surface area contributed by atoms with Crippen molar-refractivity contribution in [3.8, 4) is 0 Å². The minimum absolute atomic E-state index is 0.0208. The van der Waals surface area contributed by atoms with Gasteiger partial charge >= 0.3 is 0 Å². The van der Waals surface area contributed by atoms with Gasteiger partial charge in [0.25, 0.3) is 0 Å². The molecular weight excluding hydrogens is 166 g/mol. The summed E-state index contributed by atoms with van der Waals surface area (Å²) in [4.78, 5) is 0. The van der Waals surface area contributed by atoms with Crippen molar-refractivity contribution in [2.45, 2.75) is 6.42 Å². The van der Waals surface area contributed by atoms with E-state index >= 15 is 0 Å². The fourth-order valence-electron chi connectivity index (χ4n) is 1.16. The Hall–Kier alpha value is -0.130. The lowest BCUT2D eigenvalue weighted by Crippen LogP contribution is -2.40. The van der Waals surface area contributed by atoms with E-state index in [1.54, 1.807) is 7.05 Å². The Balaban J connectivity index is 2.67. The van der Waals surface area contributed by atoms with Crippen molar-refractivity contribution in [1.29, 1.82) is 0 Å². The topological polar surface area (TPSA) is 57.6 Å². The predicted molar refractivity (Wildman–Crippen MR) is 41.6 cm³/mol. The molecule has 0 aliphatic carbocycles. The van der Waals surface area contributed by atoms with Crippen molar-refractivity contribution >= 4 is 10.0 Å². The molecule has 5 heteroatoms. The van der Waals surface area contributed by atoms with Crippen LogP contribution >= 0.6 is 0 Å². The van der Waals surface area contributed by atoms with E-state index in [-0.39, 0.29) is 18.3 Å². The highest BCUT2D eigenvalue weighted by Gasteiger charge is 2.28. The minimum atomic E-state index is -3.05. The first kappa shape index (κ1) is 8.96. The van der Waals surface area contributed by atoms with Crippen LogP contribution in [0.2, 0.25) is 0 Å². The maximum Gasteiger partial charge on any atom is 0.214 e. The quantitative estimate of drug-likeness (QED) is 0.577. The van der Waals surface area contributed by atoms with E-state index in [1.165, 1.54) is 4.31 Å². The number of hydrogen-bond donors (Lipinski definition) is 1. The molecule has 0 bridgehead atoms. The third-order valence-electron chi connectivity index (χ3n) is 2.03. The Morgan fingerprint density at radius 3 is 2.73 bits per heavy atom. The molecule has 1 N–H and O–H groups in total. The fourth-order valence-corrected chi connectivity index (χ4v) is 2.66. The van der Waals surface area contributed by atoms with Gasteiger partial charge in [0.1, 0.15) is 0 Å². The van der Waals surface area contributed by atoms with Gasteiger partial charge < -0.3 is 5.11 Å². The van der Waals surface area contributed by atoms with Crippen LogP contribution < -0.4 is 0 Å². The van der Waals surface area contributed by atoms with E-state index in [1.807, 2.05) is 0 Å². The van der Waals surface area contributed by atoms with Crippen molar-refractivity contribution in [2.24, 2.45) is 5.92 Å². The number of aliphatic hydroxyl groups is 1.